The summed E-state index contributed by atoms with van der Waals surface area (Å²) in [6.45, 7) is -3.18. The van der Waals surface area contributed by atoms with Gasteiger partial charge in [-0.05, 0) is 24.3 Å². The van der Waals surface area contributed by atoms with Crippen molar-refractivity contribution in [3.05, 3.63) is 59.7 Å². The molecule has 1 aliphatic heterocycles. The van der Waals surface area contributed by atoms with Crippen molar-refractivity contribution in [2.75, 3.05) is 19.1 Å². The van der Waals surface area contributed by atoms with Crippen LogP contribution >= 0.6 is 0 Å². The number of esters is 2. The van der Waals surface area contributed by atoms with Gasteiger partial charge in [-0.2, -0.15) is 8.78 Å². The van der Waals surface area contributed by atoms with Crippen LogP contribution in [0.25, 0.3) is 0 Å². The quantitative estimate of drug-likeness (QED) is 0.744. The highest BCUT2D eigenvalue weighted by Crippen LogP contribution is 2.35. The standard InChI is InChI=1S/C17H14F3NO5/c1-24-15(22)11-5-3-4-8-21(14(11)16(23)25-2)12-9-10(18)6-7-13(12)26-17(19)20/h3-9,17H,1-2H3. The van der Waals surface area contributed by atoms with Gasteiger partial charge in [0.1, 0.15) is 17.3 Å². The van der Waals surface area contributed by atoms with Gasteiger partial charge in [0.15, 0.2) is 0 Å². The summed E-state index contributed by atoms with van der Waals surface area (Å²) < 4.78 is 52.8. The first-order chi connectivity index (χ1) is 12.4. The normalized spacial score (nSPS) is 13.7. The summed E-state index contributed by atoms with van der Waals surface area (Å²) in [5.41, 5.74) is -0.794. The van der Waals surface area contributed by atoms with E-state index in [4.69, 9.17) is 0 Å². The second-order valence-corrected chi connectivity index (χ2v) is 4.81. The van der Waals surface area contributed by atoms with E-state index in [1.54, 1.807) is 0 Å². The van der Waals surface area contributed by atoms with Gasteiger partial charge in [-0.3, -0.25) is 0 Å². The molecule has 26 heavy (non-hydrogen) atoms. The minimum Gasteiger partial charge on any atom is -0.465 e. The first-order valence-corrected chi connectivity index (χ1v) is 7.18. The van der Waals surface area contributed by atoms with E-state index in [0.29, 0.717) is 0 Å². The number of anilines is 1. The van der Waals surface area contributed by atoms with Gasteiger partial charge in [-0.15, -0.1) is 0 Å². The van der Waals surface area contributed by atoms with Crippen LogP contribution in [0.4, 0.5) is 18.9 Å². The summed E-state index contributed by atoms with van der Waals surface area (Å²) in [5, 5.41) is 0. The lowest BCUT2D eigenvalue weighted by molar-refractivity contribution is -0.139. The van der Waals surface area contributed by atoms with Crippen LogP contribution in [0.5, 0.6) is 5.75 Å². The molecule has 0 saturated carbocycles. The SMILES string of the molecule is COC(=O)C1=C(C(=O)OC)N(c2cc(F)ccc2OC(F)F)C=CC=C1. The molecule has 0 bridgehead atoms. The Morgan fingerprint density at radius 3 is 2.38 bits per heavy atom. The van der Waals surface area contributed by atoms with Gasteiger partial charge in [-0.25, -0.2) is 14.0 Å². The summed E-state index contributed by atoms with van der Waals surface area (Å²) in [5.74, 6) is -3.01. The molecule has 0 atom stereocenters. The number of methoxy groups -OCH3 is 2. The summed E-state index contributed by atoms with van der Waals surface area (Å²) in [6.07, 6.45) is 5.38. The molecule has 1 aromatic carbocycles. The van der Waals surface area contributed by atoms with Gasteiger partial charge in [0, 0.05) is 12.3 Å². The van der Waals surface area contributed by atoms with Crippen molar-refractivity contribution in [2.24, 2.45) is 0 Å². The second-order valence-electron chi connectivity index (χ2n) is 4.81. The fourth-order valence-corrected chi connectivity index (χ4v) is 2.23. The highest BCUT2D eigenvalue weighted by Gasteiger charge is 2.29. The van der Waals surface area contributed by atoms with Crippen LogP contribution in [-0.4, -0.2) is 32.8 Å². The number of ether oxygens (including phenoxy) is 3. The van der Waals surface area contributed by atoms with Crippen LogP contribution in [0.1, 0.15) is 0 Å². The average molecular weight is 369 g/mol. The van der Waals surface area contributed by atoms with E-state index in [0.717, 1.165) is 37.3 Å². The Morgan fingerprint density at radius 2 is 1.77 bits per heavy atom. The highest BCUT2D eigenvalue weighted by molar-refractivity contribution is 6.05. The third kappa shape index (κ3) is 4.05. The zero-order valence-electron chi connectivity index (χ0n) is 13.7. The van der Waals surface area contributed by atoms with Crippen molar-refractivity contribution in [1.82, 2.24) is 0 Å². The smallest absolute Gasteiger partial charge is 0.387 e. The molecule has 0 amide bonds. The fourth-order valence-electron chi connectivity index (χ4n) is 2.23. The van der Waals surface area contributed by atoms with Gasteiger partial charge in [0.05, 0.1) is 25.5 Å². The number of carbonyl (C=O) groups is 2. The number of halogens is 3. The Kier molecular flexibility index (Phi) is 6.05. The molecule has 2 rings (SSSR count). The van der Waals surface area contributed by atoms with Crippen molar-refractivity contribution in [2.45, 2.75) is 6.61 Å². The molecule has 0 fully saturated rings. The van der Waals surface area contributed by atoms with Crippen LogP contribution < -0.4 is 9.64 Å². The molecule has 1 aromatic rings. The molecule has 0 saturated heterocycles. The van der Waals surface area contributed by atoms with Crippen molar-refractivity contribution in [3.8, 4) is 5.75 Å². The molecule has 138 valence electrons. The van der Waals surface area contributed by atoms with Crippen molar-refractivity contribution >= 4 is 17.6 Å². The first-order valence-electron chi connectivity index (χ1n) is 7.18. The minimum atomic E-state index is -3.18. The highest BCUT2D eigenvalue weighted by atomic mass is 19.3. The van der Waals surface area contributed by atoms with Crippen LogP contribution in [0.15, 0.2) is 53.9 Å². The molecule has 9 heteroatoms. The molecule has 0 aromatic heterocycles. The molecule has 0 unspecified atom stereocenters. The van der Waals surface area contributed by atoms with Gasteiger partial charge in [0.2, 0.25) is 0 Å². The largest absolute Gasteiger partial charge is 0.465 e. The molecule has 0 N–H and O–H groups in total. The third-order valence-electron chi connectivity index (χ3n) is 3.29. The summed E-state index contributed by atoms with van der Waals surface area (Å²) in [6, 6.07) is 2.78. The molecular weight excluding hydrogens is 355 g/mol. The van der Waals surface area contributed by atoms with Gasteiger partial charge in [-0.1, -0.05) is 6.08 Å². The van der Waals surface area contributed by atoms with Crippen molar-refractivity contribution in [1.29, 1.82) is 0 Å². The number of allylic oxidation sites excluding steroid dienone is 2. The van der Waals surface area contributed by atoms with E-state index in [9.17, 15) is 22.8 Å². The van der Waals surface area contributed by atoms with Gasteiger partial charge >= 0.3 is 18.6 Å². The minimum absolute atomic E-state index is 0.211. The predicted octanol–water partition coefficient (Wildman–Crippen LogP) is 2.92. The summed E-state index contributed by atoms with van der Waals surface area (Å²) >= 11 is 0. The zero-order valence-corrected chi connectivity index (χ0v) is 13.7. The molecular formula is C17H14F3NO5. The predicted molar refractivity (Wildman–Crippen MR) is 84.8 cm³/mol. The Labute approximate surface area is 146 Å². The summed E-state index contributed by atoms with van der Waals surface area (Å²) in [4.78, 5) is 25.3. The monoisotopic (exact) mass is 369 g/mol. The number of benzene rings is 1. The lowest BCUT2D eigenvalue weighted by Crippen LogP contribution is -2.27. The number of hydrogen-bond acceptors (Lipinski definition) is 6. The van der Waals surface area contributed by atoms with E-state index in [2.05, 4.69) is 14.2 Å². The van der Waals surface area contributed by atoms with Crippen molar-refractivity contribution in [3.63, 3.8) is 0 Å². The molecule has 1 aliphatic rings. The number of alkyl halides is 2. The molecule has 0 radical (unpaired) electrons. The summed E-state index contributed by atoms with van der Waals surface area (Å²) in [7, 11) is 2.18. The van der Waals surface area contributed by atoms with E-state index in [1.807, 2.05) is 0 Å². The van der Waals surface area contributed by atoms with E-state index >= 15 is 0 Å². The number of carbonyl (C=O) groups excluding carboxylic acids is 2. The van der Waals surface area contributed by atoms with Gasteiger partial charge in [0.25, 0.3) is 0 Å². The van der Waals surface area contributed by atoms with Crippen LogP contribution in [0.3, 0.4) is 0 Å². The van der Waals surface area contributed by atoms with E-state index in [1.165, 1.54) is 24.4 Å². The molecule has 1 heterocycles. The third-order valence-corrected chi connectivity index (χ3v) is 3.29. The van der Waals surface area contributed by atoms with Crippen LogP contribution in [-0.2, 0) is 19.1 Å². The maximum Gasteiger partial charge on any atom is 0.387 e. The first kappa shape index (κ1) is 19.1. The van der Waals surface area contributed by atoms with Crippen LogP contribution in [0, 0.1) is 5.82 Å². The fraction of sp³-hybridized carbons (Fsp3) is 0.176. The maximum atomic E-state index is 13.7. The van der Waals surface area contributed by atoms with E-state index in [-0.39, 0.29) is 17.0 Å². The molecule has 0 aliphatic carbocycles. The number of rotatable bonds is 5. The lowest BCUT2D eigenvalue weighted by atomic mass is 10.1. The second kappa shape index (κ2) is 8.24. The van der Waals surface area contributed by atoms with Gasteiger partial charge < -0.3 is 19.1 Å². The van der Waals surface area contributed by atoms with E-state index < -0.39 is 30.1 Å². The Bertz CT molecular complexity index is 802. The zero-order chi connectivity index (χ0) is 19.3. The molecule has 0 spiro atoms. The molecule has 6 nitrogen and oxygen atoms in total. The maximum absolute atomic E-state index is 13.7. The van der Waals surface area contributed by atoms with Crippen molar-refractivity contribution < 1.29 is 37.0 Å². The number of hydrogen-bond donors (Lipinski definition) is 0. The topological polar surface area (TPSA) is 65.1 Å². The average Bonchev–Trinajstić information content (AvgIpc) is 2.84. The lowest BCUT2D eigenvalue weighted by Gasteiger charge is -2.25. The Balaban J connectivity index is 2.71. The number of nitrogens with zero attached hydrogens (tertiary/aromatic N) is 1. The Morgan fingerprint density at radius 1 is 1.08 bits per heavy atom. The Hall–Kier alpha value is -3.23. The van der Waals surface area contributed by atoms with Crippen LogP contribution in [0.2, 0.25) is 0 Å².